The molecule has 1 heterocycles. The molecular formula is C22H30N4O2. The van der Waals surface area contributed by atoms with Crippen molar-refractivity contribution < 1.29 is 9.47 Å². The molecule has 0 amide bonds. The molecular weight excluding hydrogens is 352 g/mol. The number of hydrogen-bond donors (Lipinski definition) is 2. The summed E-state index contributed by atoms with van der Waals surface area (Å²) in [5.41, 5.74) is 5.59. The molecule has 2 N–H and O–H groups in total. The minimum Gasteiger partial charge on any atom is -0.493 e. The maximum atomic E-state index is 5.50. The lowest BCUT2D eigenvalue weighted by atomic mass is 10.0. The highest BCUT2D eigenvalue weighted by Gasteiger charge is 2.23. The van der Waals surface area contributed by atoms with Crippen LogP contribution in [0.1, 0.15) is 35.2 Å². The van der Waals surface area contributed by atoms with Gasteiger partial charge in [-0.15, -0.1) is 0 Å². The summed E-state index contributed by atoms with van der Waals surface area (Å²) in [4.78, 5) is 6.90. The standard InChI is InChI=1S/C22H30N4O2/c1-14-18-12-24-22(25-19(18)11-20(27-5)21(14)28-6)26(4)13-16-8-7-9-17(10-16)15(2)23-3/h7-12,15,22-23,25H,13H2,1-6H3. The number of rotatable bonds is 7. The summed E-state index contributed by atoms with van der Waals surface area (Å²) in [5.74, 6) is 1.47. The Bertz CT molecular complexity index is 866. The third kappa shape index (κ3) is 3.98. The van der Waals surface area contributed by atoms with Gasteiger partial charge in [0.15, 0.2) is 17.8 Å². The zero-order valence-corrected chi connectivity index (χ0v) is 17.5. The van der Waals surface area contributed by atoms with Crippen LogP contribution in [0.15, 0.2) is 35.3 Å². The first-order valence-electron chi connectivity index (χ1n) is 9.50. The van der Waals surface area contributed by atoms with Crippen LogP contribution in [-0.4, -0.2) is 45.7 Å². The van der Waals surface area contributed by atoms with Gasteiger partial charge in [0, 0.05) is 41.7 Å². The number of anilines is 1. The molecule has 0 radical (unpaired) electrons. The summed E-state index contributed by atoms with van der Waals surface area (Å²) in [7, 11) is 7.36. The van der Waals surface area contributed by atoms with Gasteiger partial charge in [-0.2, -0.15) is 0 Å². The fourth-order valence-corrected chi connectivity index (χ4v) is 3.52. The Labute approximate surface area is 167 Å². The Morgan fingerprint density at radius 1 is 1.25 bits per heavy atom. The van der Waals surface area contributed by atoms with Crippen LogP contribution in [0.4, 0.5) is 5.69 Å². The van der Waals surface area contributed by atoms with Gasteiger partial charge < -0.3 is 20.1 Å². The molecule has 6 heteroatoms. The lowest BCUT2D eigenvalue weighted by Crippen LogP contribution is -2.38. The fraction of sp³-hybridized carbons (Fsp3) is 0.409. The Kier molecular flexibility index (Phi) is 6.21. The van der Waals surface area contributed by atoms with Crippen LogP contribution in [0.2, 0.25) is 0 Å². The second kappa shape index (κ2) is 8.63. The van der Waals surface area contributed by atoms with Gasteiger partial charge in [-0.1, -0.05) is 24.3 Å². The van der Waals surface area contributed by atoms with Gasteiger partial charge in [-0.05, 0) is 39.1 Å². The topological polar surface area (TPSA) is 58.1 Å². The monoisotopic (exact) mass is 382 g/mol. The summed E-state index contributed by atoms with van der Waals surface area (Å²) < 4.78 is 11.0. The lowest BCUT2D eigenvalue weighted by molar-refractivity contribution is 0.263. The van der Waals surface area contributed by atoms with Crippen LogP contribution >= 0.6 is 0 Å². The van der Waals surface area contributed by atoms with E-state index >= 15 is 0 Å². The zero-order valence-electron chi connectivity index (χ0n) is 17.5. The fourth-order valence-electron chi connectivity index (χ4n) is 3.52. The quantitative estimate of drug-likeness (QED) is 0.767. The third-order valence-electron chi connectivity index (χ3n) is 5.32. The number of nitrogens with one attached hydrogen (secondary N) is 2. The Morgan fingerprint density at radius 2 is 2.04 bits per heavy atom. The van der Waals surface area contributed by atoms with Gasteiger partial charge >= 0.3 is 0 Å². The van der Waals surface area contributed by atoms with Crippen LogP contribution < -0.4 is 20.1 Å². The van der Waals surface area contributed by atoms with Gasteiger partial charge in [-0.25, -0.2) is 0 Å². The lowest BCUT2D eigenvalue weighted by Gasteiger charge is -2.31. The maximum Gasteiger partial charge on any atom is 0.176 e. The van der Waals surface area contributed by atoms with Crippen molar-refractivity contribution in [2.45, 2.75) is 32.7 Å². The van der Waals surface area contributed by atoms with E-state index in [0.717, 1.165) is 34.9 Å². The summed E-state index contributed by atoms with van der Waals surface area (Å²) in [6.45, 7) is 4.98. The van der Waals surface area contributed by atoms with Crippen LogP contribution in [-0.2, 0) is 6.54 Å². The number of methoxy groups -OCH3 is 2. The van der Waals surface area contributed by atoms with Gasteiger partial charge in [0.1, 0.15) is 0 Å². The zero-order chi connectivity index (χ0) is 20.3. The van der Waals surface area contributed by atoms with Crippen molar-refractivity contribution in [3.05, 3.63) is 52.6 Å². The van der Waals surface area contributed by atoms with E-state index in [0.29, 0.717) is 6.04 Å². The largest absolute Gasteiger partial charge is 0.493 e. The van der Waals surface area contributed by atoms with Crippen LogP contribution in [0.5, 0.6) is 11.5 Å². The molecule has 1 aliphatic heterocycles. The molecule has 0 saturated carbocycles. The van der Waals surface area contributed by atoms with Crippen molar-refractivity contribution in [1.29, 1.82) is 0 Å². The molecule has 1 aliphatic rings. The molecule has 2 aromatic rings. The highest BCUT2D eigenvalue weighted by Crippen LogP contribution is 2.38. The minimum atomic E-state index is -0.143. The molecule has 3 rings (SSSR count). The van der Waals surface area contributed by atoms with Gasteiger partial charge in [-0.3, -0.25) is 9.89 Å². The number of benzene rings is 2. The SMILES string of the molecule is CNC(C)c1cccc(CN(C)C2N=Cc3c(cc(OC)c(OC)c3C)N2)c1. The van der Waals surface area contributed by atoms with Crippen molar-refractivity contribution in [3.63, 3.8) is 0 Å². The first-order valence-corrected chi connectivity index (χ1v) is 9.50. The van der Waals surface area contributed by atoms with Crippen LogP contribution in [0.25, 0.3) is 0 Å². The molecule has 2 unspecified atom stereocenters. The summed E-state index contributed by atoms with van der Waals surface area (Å²) in [5, 5.41) is 6.80. The van der Waals surface area contributed by atoms with Crippen LogP contribution in [0.3, 0.4) is 0 Å². The predicted octanol–water partition coefficient (Wildman–Crippen LogP) is 3.55. The Balaban J connectivity index is 1.79. The third-order valence-corrected chi connectivity index (χ3v) is 5.32. The summed E-state index contributed by atoms with van der Waals surface area (Å²) in [6, 6.07) is 11.0. The van der Waals surface area contributed by atoms with Crippen molar-refractivity contribution in [1.82, 2.24) is 10.2 Å². The van der Waals surface area contributed by atoms with E-state index in [2.05, 4.69) is 53.8 Å². The van der Waals surface area contributed by atoms with E-state index in [9.17, 15) is 0 Å². The van der Waals surface area contributed by atoms with Crippen molar-refractivity contribution in [2.75, 3.05) is 33.6 Å². The van der Waals surface area contributed by atoms with E-state index in [1.807, 2.05) is 26.3 Å². The average molecular weight is 383 g/mol. The highest BCUT2D eigenvalue weighted by atomic mass is 16.5. The second-order valence-corrected chi connectivity index (χ2v) is 7.17. The molecule has 2 aromatic carbocycles. The molecule has 0 fully saturated rings. The first kappa shape index (κ1) is 20.2. The number of nitrogens with zero attached hydrogens (tertiary/aromatic N) is 2. The molecule has 0 bridgehead atoms. The molecule has 150 valence electrons. The molecule has 0 aliphatic carbocycles. The molecule has 2 atom stereocenters. The second-order valence-electron chi connectivity index (χ2n) is 7.17. The highest BCUT2D eigenvalue weighted by molar-refractivity contribution is 5.93. The number of ether oxygens (including phenoxy) is 2. The van der Waals surface area contributed by atoms with Gasteiger partial charge in [0.2, 0.25) is 0 Å². The summed E-state index contributed by atoms with van der Waals surface area (Å²) in [6.07, 6.45) is 1.78. The molecule has 0 aromatic heterocycles. The predicted molar refractivity (Wildman–Crippen MR) is 115 cm³/mol. The van der Waals surface area contributed by atoms with Crippen molar-refractivity contribution in [2.24, 2.45) is 4.99 Å². The minimum absolute atomic E-state index is 0.143. The first-order chi connectivity index (χ1) is 13.5. The van der Waals surface area contributed by atoms with Crippen molar-refractivity contribution in [3.8, 4) is 11.5 Å². The molecule has 0 spiro atoms. The molecule has 28 heavy (non-hydrogen) atoms. The molecule has 0 saturated heterocycles. The smallest absolute Gasteiger partial charge is 0.176 e. The van der Waals surface area contributed by atoms with Gasteiger partial charge in [0.05, 0.1) is 14.2 Å². The average Bonchev–Trinajstić information content (AvgIpc) is 2.72. The Morgan fingerprint density at radius 3 is 2.71 bits per heavy atom. The Hall–Kier alpha value is -2.57. The maximum absolute atomic E-state index is 5.50. The number of hydrogen-bond acceptors (Lipinski definition) is 6. The van der Waals surface area contributed by atoms with E-state index in [-0.39, 0.29) is 6.29 Å². The number of aliphatic imine (C=N–C) groups is 1. The van der Waals surface area contributed by atoms with Gasteiger partial charge in [0.25, 0.3) is 0 Å². The van der Waals surface area contributed by atoms with Crippen LogP contribution in [0, 0.1) is 6.92 Å². The van der Waals surface area contributed by atoms with Crippen molar-refractivity contribution >= 4 is 11.9 Å². The van der Waals surface area contributed by atoms with E-state index in [1.54, 1.807) is 14.2 Å². The summed E-state index contributed by atoms with van der Waals surface area (Å²) >= 11 is 0. The number of fused-ring (bicyclic) bond motifs is 1. The normalized spacial score (nSPS) is 16.5. The molecule has 6 nitrogen and oxygen atoms in total. The van der Waals surface area contributed by atoms with E-state index < -0.39 is 0 Å². The van der Waals surface area contributed by atoms with E-state index in [1.165, 1.54) is 11.1 Å². The van der Waals surface area contributed by atoms with E-state index in [4.69, 9.17) is 14.5 Å².